The predicted molar refractivity (Wildman–Crippen MR) is 74.6 cm³/mol. The number of fused-ring (bicyclic) bond motifs is 1. The largest absolute Gasteiger partial charge is 0.508 e. The number of aromatic hydroxyl groups is 2. The number of hydrogen-bond donors (Lipinski definition) is 2. The fourth-order valence-electron chi connectivity index (χ4n) is 2.02. The first-order chi connectivity index (χ1) is 9.13. The second-order valence-corrected chi connectivity index (χ2v) is 4.75. The van der Waals surface area contributed by atoms with E-state index in [1.54, 1.807) is 18.2 Å². The molecule has 3 rings (SSSR count). The summed E-state index contributed by atoms with van der Waals surface area (Å²) in [7, 11) is 0. The van der Waals surface area contributed by atoms with E-state index in [9.17, 15) is 10.2 Å². The predicted octanol–water partition coefficient (Wildman–Crippen LogP) is 3.68. The summed E-state index contributed by atoms with van der Waals surface area (Å²) in [5, 5.41) is 19.1. The molecule has 0 radical (unpaired) electrons. The molecular formula is C15H11ClO3. The van der Waals surface area contributed by atoms with E-state index in [0.717, 1.165) is 16.7 Å². The maximum absolute atomic E-state index is 9.53. The van der Waals surface area contributed by atoms with Crippen LogP contribution in [0.15, 0.2) is 36.4 Å². The summed E-state index contributed by atoms with van der Waals surface area (Å²) >= 11 is 5.89. The molecule has 0 saturated carbocycles. The van der Waals surface area contributed by atoms with Gasteiger partial charge in [-0.2, -0.15) is 0 Å². The first-order valence-corrected chi connectivity index (χ1v) is 6.16. The molecule has 0 aromatic heterocycles. The van der Waals surface area contributed by atoms with Gasteiger partial charge in [-0.3, -0.25) is 0 Å². The van der Waals surface area contributed by atoms with Gasteiger partial charge in [-0.05, 0) is 35.4 Å². The lowest BCUT2D eigenvalue weighted by Gasteiger charge is -2.19. The summed E-state index contributed by atoms with van der Waals surface area (Å²) in [5.41, 5.74) is 2.80. The van der Waals surface area contributed by atoms with Crippen LogP contribution in [0.2, 0.25) is 5.02 Å². The first kappa shape index (κ1) is 11.9. The second kappa shape index (κ2) is 4.52. The van der Waals surface area contributed by atoms with E-state index in [1.807, 2.05) is 18.2 Å². The van der Waals surface area contributed by atoms with Crippen molar-refractivity contribution in [2.75, 3.05) is 6.61 Å². The smallest absolute Gasteiger partial charge is 0.137 e. The van der Waals surface area contributed by atoms with Crippen molar-refractivity contribution in [3.63, 3.8) is 0 Å². The molecule has 1 aliphatic rings. The van der Waals surface area contributed by atoms with Crippen LogP contribution in [0.25, 0.3) is 11.6 Å². The molecule has 0 bridgehead atoms. The summed E-state index contributed by atoms with van der Waals surface area (Å²) in [6.07, 6.45) is 1.97. The van der Waals surface area contributed by atoms with Crippen molar-refractivity contribution >= 4 is 23.3 Å². The highest BCUT2D eigenvalue weighted by atomic mass is 35.5. The average Bonchev–Trinajstić information content (AvgIpc) is 2.40. The van der Waals surface area contributed by atoms with Gasteiger partial charge < -0.3 is 14.9 Å². The van der Waals surface area contributed by atoms with Crippen molar-refractivity contribution in [3.8, 4) is 17.2 Å². The summed E-state index contributed by atoms with van der Waals surface area (Å²) in [5.74, 6) is 0.862. The number of benzene rings is 2. The third-order valence-corrected chi connectivity index (χ3v) is 3.33. The summed E-state index contributed by atoms with van der Waals surface area (Å²) in [6, 6.07) is 10.1. The number of phenolic OH excluding ortho intramolecular Hbond substituents is 2. The molecular weight excluding hydrogens is 264 g/mol. The van der Waals surface area contributed by atoms with E-state index in [4.69, 9.17) is 16.3 Å². The Bertz CT molecular complexity index is 660. The molecule has 0 atom stereocenters. The molecule has 2 aromatic rings. The molecule has 0 fully saturated rings. The molecule has 2 N–H and O–H groups in total. The lowest BCUT2D eigenvalue weighted by molar-refractivity contribution is 0.362. The van der Waals surface area contributed by atoms with Crippen molar-refractivity contribution in [1.82, 2.24) is 0 Å². The Balaban J connectivity index is 2.03. The van der Waals surface area contributed by atoms with Gasteiger partial charge in [0.15, 0.2) is 0 Å². The maximum Gasteiger partial charge on any atom is 0.137 e. The summed E-state index contributed by atoms with van der Waals surface area (Å²) < 4.78 is 5.61. The third kappa shape index (κ3) is 2.25. The average molecular weight is 275 g/mol. The van der Waals surface area contributed by atoms with Gasteiger partial charge in [0.05, 0.1) is 5.02 Å². The maximum atomic E-state index is 9.53. The molecule has 1 heterocycles. The molecule has 4 heteroatoms. The van der Waals surface area contributed by atoms with Gasteiger partial charge in [0.2, 0.25) is 0 Å². The van der Waals surface area contributed by atoms with Crippen molar-refractivity contribution < 1.29 is 14.9 Å². The van der Waals surface area contributed by atoms with Gasteiger partial charge in [-0.15, -0.1) is 0 Å². The van der Waals surface area contributed by atoms with Crippen molar-refractivity contribution in [1.29, 1.82) is 0 Å². The molecule has 0 saturated heterocycles. The van der Waals surface area contributed by atoms with Crippen LogP contribution >= 0.6 is 11.6 Å². The van der Waals surface area contributed by atoms with E-state index in [0.29, 0.717) is 17.4 Å². The molecule has 19 heavy (non-hydrogen) atoms. The highest BCUT2D eigenvalue weighted by Gasteiger charge is 2.15. The minimum absolute atomic E-state index is 0.0156. The Kier molecular flexibility index (Phi) is 2.84. The van der Waals surface area contributed by atoms with Gasteiger partial charge in [0, 0.05) is 11.6 Å². The van der Waals surface area contributed by atoms with Gasteiger partial charge in [0.1, 0.15) is 23.9 Å². The Morgan fingerprint density at radius 2 is 1.79 bits per heavy atom. The van der Waals surface area contributed by atoms with Crippen LogP contribution in [0.3, 0.4) is 0 Å². The number of ether oxygens (including phenoxy) is 1. The zero-order chi connectivity index (χ0) is 13.4. The van der Waals surface area contributed by atoms with Crippen LogP contribution in [0.1, 0.15) is 11.1 Å². The Morgan fingerprint density at radius 3 is 2.53 bits per heavy atom. The zero-order valence-corrected chi connectivity index (χ0v) is 10.7. The molecule has 0 unspecified atom stereocenters. The lowest BCUT2D eigenvalue weighted by Crippen LogP contribution is -2.06. The van der Waals surface area contributed by atoms with Crippen LogP contribution in [0.4, 0.5) is 0 Å². The van der Waals surface area contributed by atoms with Crippen LogP contribution < -0.4 is 4.74 Å². The quantitative estimate of drug-likeness (QED) is 0.834. The minimum atomic E-state index is 0.0156. The third-order valence-electron chi connectivity index (χ3n) is 3.03. The minimum Gasteiger partial charge on any atom is -0.508 e. The van der Waals surface area contributed by atoms with Crippen LogP contribution in [0, 0.1) is 0 Å². The SMILES string of the molecule is Oc1ccc(C2=Cc3cc(Cl)c(O)cc3OC2)cc1. The first-order valence-electron chi connectivity index (χ1n) is 5.79. The Hall–Kier alpha value is -2.13. The second-order valence-electron chi connectivity index (χ2n) is 4.35. The van der Waals surface area contributed by atoms with Gasteiger partial charge in [0.25, 0.3) is 0 Å². The fraction of sp³-hybridized carbons (Fsp3) is 0.0667. The molecule has 2 aromatic carbocycles. The Morgan fingerprint density at radius 1 is 1.05 bits per heavy atom. The standard InChI is InChI=1S/C15H11ClO3/c16-13-6-10-5-11(8-19-15(10)7-14(13)18)9-1-3-12(17)4-2-9/h1-7,17-18H,8H2. The highest BCUT2D eigenvalue weighted by molar-refractivity contribution is 6.32. The van der Waals surface area contributed by atoms with Crippen LogP contribution in [-0.4, -0.2) is 16.8 Å². The highest BCUT2D eigenvalue weighted by Crippen LogP contribution is 2.37. The number of hydrogen-bond acceptors (Lipinski definition) is 3. The van der Waals surface area contributed by atoms with Crippen LogP contribution in [0.5, 0.6) is 17.2 Å². The van der Waals surface area contributed by atoms with Gasteiger partial charge >= 0.3 is 0 Å². The van der Waals surface area contributed by atoms with E-state index >= 15 is 0 Å². The monoisotopic (exact) mass is 274 g/mol. The van der Waals surface area contributed by atoms with E-state index < -0.39 is 0 Å². The lowest BCUT2D eigenvalue weighted by atomic mass is 10.0. The number of halogens is 1. The van der Waals surface area contributed by atoms with E-state index in [1.165, 1.54) is 6.07 Å². The van der Waals surface area contributed by atoms with Crippen molar-refractivity contribution in [3.05, 3.63) is 52.5 Å². The number of phenols is 2. The topological polar surface area (TPSA) is 49.7 Å². The molecule has 1 aliphatic heterocycles. The summed E-state index contributed by atoms with van der Waals surface area (Å²) in [4.78, 5) is 0. The van der Waals surface area contributed by atoms with Crippen molar-refractivity contribution in [2.45, 2.75) is 0 Å². The molecule has 0 aliphatic carbocycles. The molecule has 0 amide bonds. The van der Waals surface area contributed by atoms with Gasteiger partial charge in [-0.25, -0.2) is 0 Å². The normalized spacial score (nSPS) is 13.4. The van der Waals surface area contributed by atoms with Crippen molar-refractivity contribution in [2.24, 2.45) is 0 Å². The fourth-order valence-corrected chi connectivity index (χ4v) is 2.19. The Labute approximate surface area is 115 Å². The summed E-state index contributed by atoms with van der Waals surface area (Å²) in [6.45, 7) is 0.416. The molecule has 0 spiro atoms. The number of rotatable bonds is 1. The van der Waals surface area contributed by atoms with E-state index in [2.05, 4.69) is 0 Å². The molecule has 3 nitrogen and oxygen atoms in total. The van der Waals surface area contributed by atoms with E-state index in [-0.39, 0.29) is 11.5 Å². The zero-order valence-electron chi connectivity index (χ0n) is 9.93. The molecule has 96 valence electrons. The van der Waals surface area contributed by atoms with Crippen LogP contribution in [-0.2, 0) is 0 Å². The van der Waals surface area contributed by atoms with Gasteiger partial charge in [-0.1, -0.05) is 23.7 Å².